The zero-order chi connectivity index (χ0) is 17.6. The fraction of sp³-hybridized carbons (Fsp3) is 1.00. The summed E-state index contributed by atoms with van der Waals surface area (Å²) in [5.41, 5.74) is 0. The molecular weight excluding hydrogens is 300 g/mol. The molecule has 0 nitrogen and oxygen atoms in total. The van der Waals surface area contributed by atoms with E-state index >= 15 is 0 Å². The minimum atomic E-state index is 0.987. The summed E-state index contributed by atoms with van der Waals surface area (Å²) in [6.45, 7) is 10.5. The van der Waals surface area contributed by atoms with Crippen LogP contribution in [-0.2, 0) is 0 Å². The van der Waals surface area contributed by atoms with Crippen LogP contribution in [0.15, 0.2) is 0 Å². The molecule has 0 radical (unpaired) electrons. The molecule has 0 aliphatic heterocycles. The Kier molecular flexibility index (Phi) is 5.55. The van der Waals surface area contributed by atoms with Gasteiger partial charge in [0.05, 0.1) is 0 Å². The first-order valence-corrected chi connectivity index (χ1v) is 12.1. The fourth-order valence-corrected chi connectivity index (χ4v) is 8.53. The Morgan fingerprint density at radius 3 is 1.20 bits per heavy atom. The Bertz CT molecular complexity index is 399. The van der Waals surface area contributed by atoms with E-state index < -0.39 is 0 Å². The highest BCUT2D eigenvalue weighted by Gasteiger charge is 2.51. The molecule has 25 heavy (non-hydrogen) atoms. The Balaban J connectivity index is 1.53. The van der Waals surface area contributed by atoms with Crippen molar-refractivity contribution in [1.82, 2.24) is 0 Å². The molecule has 0 saturated heterocycles. The smallest absolute Gasteiger partial charge is 0.0352 e. The second-order valence-electron chi connectivity index (χ2n) is 10.9. The highest BCUT2D eigenvalue weighted by Crippen LogP contribution is 2.58. The summed E-state index contributed by atoms with van der Waals surface area (Å²) in [5, 5.41) is 0. The summed E-state index contributed by atoms with van der Waals surface area (Å²) in [6.07, 6.45) is 17.0. The molecule has 10 atom stereocenters. The maximum atomic E-state index is 2.64. The maximum Gasteiger partial charge on any atom is -0.0352 e. The van der Waals surface area contributed by atoms with Crippen molar-refractivity contribution in [3.8, 4) is 0 Å². The second kappa shape index (κ2) is 7.55. The molecule has 10 unspecified atom stereocenters. The average Bonchev–Trinajstić information content (AvgIpc) is 2.89. The summed E-state index contributed by atoms with van der Waals surface area (Å²) in [4.78, 5) is 0. The predicted molar refractivity (Wildman–Crippen MR) is 108 cm³/mol. The van der Waals surface area contributed by atoms with Gasteiger partial charge in [0.15, 0.2) is 0 Å². The summed E-state index contributed by atoms with van der Waals surface area (Å²) >= 11 is 0. The lowest BCUT2D eigenvalue weighted by atomic mass is 9.73. The van der Waals surface area contributed by atoms with Gasteiger partial charge in [-0.3, -0.25) is 0 Å². The first-order valence-electron chi connectivity index (χ1n) is 12.1. The molecule has 0 aromatic rings. The Morgan fingerprint density at radius 1 is 0.440 bits per heavy atom. The molecule has 0 amide bonds. The van der Waals surface area contributed by atoms with Crippen LogP contribution in [0.5, 0.6) is 0 Å². The van der Waals surface area contributed by atoms with E-state index in [1.165, 1.54) is 38.5 Å². The summed E-state index contributed by atoms with van der Waals surface area (Å²) in [6, 6.07) is 0. The van der Waals surface area contributed by atoms with Crippen LogP contribution in [0.3, 0.4) is 0 Å². The fourth-order valence-electron chi connectivity index (χ4n) is 8.53. The van der Waals surface area contributed by atoms with Gasteiger partial charge in [-0.05, 0) is 91.3 Å². The highest BCUT2D eigenvalue weighted by atomic mass is 14.6. The molecule has 4 aliphatic rings. The molecule has 0 heterocycles. The second-order valence-corrected chi connectivity index (χ2v) is 10.9. The lowest BCUT2D eigenvalue weighted by molar-refractivity contribution is 0.167. The summed E-state index contributed by atoms with van der Waals surface area (Å²) in [7, 11) is 0. The van der Waals surface area contributed by atoms with Crippen LogP contribution >= 0.6 is 0 Å². The van der Waals surface area contributed by atoms with Crippen molar-refractivity contribution in [3.63, 3.8) is 0 Å². The summed E-state index contributed by atoms with van der Waals surface area (Å²) < 4.78 is 0. The third-order valence-corrected chi connectivity index (χ3v) is 10.3. The molecule has 0 spiro atoms. The normalized spacial score (nSPS) is 53.8. The number of rotatable bonds is 2. The van der Waals surface area contributed by atoms with Crippen molar-refractivity contribution in [1.29, 1.82) is 0 Å². The molecule has 144 valence electrons. The van der Waals surface area contributed by atoms with Crippen LogP contribution in [0.4, 0.5) is 0 Å². The van der Waals surface area contributed by atoms with Crippen molar-refractivity contribution in [2.75, 3.05) is 0 Å². The zero-order valence-corrected chi connectivity index (χ0v) is 17.6. The molecule has 0 heteroatoms. The van der Waals surface area contributed by atoms with Crippen LogP contribution in [-0.4, -0.2) is 0 Å². The zero-order valence-electron chi connectivity index (χ0n) is 17.6. The Morgan fingerprint density at radius 2 is 0.800 bits per heavy atom. The van der Waals surface area contributed by atoms with Gasteiger partial charge in [-0.1, -0.05) is 66.2 Å². The van der Waals surface area contributed by atoms with Crippen molar-refractivity contribution >= 4 is 0 Å². The van der Waals surface area contributed by atoms with Gasteiger partial charge < -0.3 is 0 Å². The van der Waals surface area contributed by atoms with Crippen LogP contribution in [0.2, 0.25) is 0 Å². The first-order chi connectivity index (χ1) is 12.1. The van der Waals surface area contributed by atoms with Gasteiger partial charge in [0.25, 0.3) is 0 Å². The number of fused-ring (bicyclic) bond motifs is 2. The molecule has 0 N–H and O–H groups in total. The summed E-state index contributed by atoms with van der Waals surface area (Å²) in [5.74, 6) is 10.4. The largest absolute Gasteiger partial charge is 0.0620 e. The van der Waals surface area contributed by atoms with Gasteiger partial charge in [0, 0.05) is 0 Å². The molecule has 0 aromatic heterocycles. The van der Waals surface area contributed by atoms with Crippen LogP contribution in [0, 0.1) is 59.2 Å². The van der Waals surface area contributed by atoms with Crippen LogP contribution < -0.4 is 0 Å². The van der Waals surface area contributed by atoms with Crippen molar-refractivity contribution in [2.45, 2.75) is 98.3 Å². The predicted octanol–water partition coefficient (Wildman–Crippen LogP) is 7.57. The van der Waals surface area contributed by atoms with Crippen LogP contribution in [0.1, 0.15) is 98.3 Å². The molecule has 4 rings (SSSR count). The van der Waals surface area contributed by atoms with Gasteiger partial charge >= 0.3 is 0 Å². The third-order valence-electron chi connectivity index (χ3n) is 10.3. The molecule has 4 aliphatic carbocycles. The Hall–Kier alpha value is 0. The van der Waals surface area contributed by atoms with E-state index in [1.807, 2.05) is 0 Å². The topological polar surface area (TPSA) is 0 Å². The van der Waals surface area contributed by atoms with E-state index in [1.54, 1.807) is 32.1 Å². The monoisotopic (exact) mass is 344 g/mol. The quantitative estimate of drug-likeness (QED) is 0.484. The van der Waals surface area contributed by atoms with Crippen molar-refractivity contribution in [3.05, 3.63) is 0 Å². The highest BCUT2D eigenvalue weighted by molar-refractivity contribution is 5.00. The SMILES string of the molecule is CC1C(C)C(CC2C(C)C(C)C3CCCCCC32)C2CCCCCC12. The van der Waals surface area contributed by atoms with Crippen molar-refractivity contribution in [2.24, 2.45) is 59.2 Å². The standard InChI is InChI=1S/C25H44/c1-16-18(3)24(22-13-9-5-7-11-20(16)22)15-25-19(4)17(2)21-12-8-6-10-14-23(21)25/h16-25H,5-15H2,1-4H3. The first kappa shape index (κ1) is 18.4. The lowest BCUT2D eigenvalue weighted by Gasteiger charge is -2.32. The van der Waals surface area contributed by atoms with Crippen molar-refractivity contribution < 1.29 is 0 Å². The van der Waals surface area contributed by atoms with E-state index in [4.69, 9.17) is 0 Å². The molecule has 4 fully saturated rings. The molecular formula is C25H44. The minimum Gasteiger partial charge on any atom is -0.0620 e. The Labute approximate surface area is 157 Å². The van der Waals surface area contributed by atoms with Gasteiger partial charge in [-0.15, -0.1) is 0 Å². The molecule has 0 aromatic carbocycles. The van der Waals surface area contributed by atoms with Gasteiger partial charge in [0.2, 0.25) is 0 Å². The average molecular weight is 345 g/mol. The molecule has 4 saturated carbocycles. The van der Waals surface area contributed by atoms with E-state index in [9.17, 15) is 0 Å². The van der Waals surface area contributed by atoms with E-state index in [2.05, 4.69) is 27.7 Å². The third kappa shape index (κ3) is 3.23. The number of hydrogen-bond donors (Lipinski definition) is 0. The van der Waals surface area contributed by atoms with E-state index in [0.717, 1.165) is 59.2 Å². The number of hydrogen-bond acceptors (Lipinski definition) is 0. The van der Waals surface area contributed by atoms with Gasteiger partial charge in [-0.2, -0.15) is 0 Å². The maximum absolute atomic E-state index is 2.64. The van der Waals surface area contributed by atoms with E-state index in [-0.39, 0.29) is 0 Å². The van der Waals surface area contributed by atoms with Gasteiger partial charge in [-0.25, -0.2) is 0 Å². The van der Waals surface area contributed by atoms with E-state index in [0.29, 0.717) is 0 Å². The molecule has 0 bridgehead atoms. The lowest BCUT2D eigenvalue weighted by Crippen LogP contribution is -2.25. The minimum absolute atomic E-state index is 0.987. The van der Waals surface area contributed by atoms with Gasteiger partial charge in [0.1, 0.15) is 0 Å². The van der Waals surface area contributed by atoms with Crippen LogP contribution in [0.25, 0.3) is 0 Å².